The number of esters is 1. The molecule has 26 heavy (non-hydrogen) atoms. The first-order valence-electron chi connectivity index (χ1n) is 9.39. The van der Waals surface area contributed by atoms with Gasteiger partial charge in [-0.1, -0.05) is 19.3 Å². The van der Waals surface area contributed by atoms with Crippen LogP contribution >= 0.6 is 0 Å². The first kappa shape index (κ1) is 20.1. The number of rotatable bonds is 8. The molecule has 0 radical (unpaired) electrons. The molecule has 1 amide bonds. The molecule has 0 heterocycles. The van der Waals surface area contributed by atoms with E-state index in [9.17, 15) is 9.59 Å². The van der Waals surface area contributed by atoms with Gasteiger partial charge in [-0.3, -0.25) is 4.79 Å². The van der Waals surface area contributed by atoms with Crippen LogP contribution in [0.2, 0.25) is 0 Å². The van der Waals surface area contributed by atoms with E-state index in [1.807, 2.05) is 13.8 Å². The van der Waals surface area contributed by atoms with Crippen molar-refractivity contribution >= 4 is 11.9 Å². The van der Waals surface area contributed by atoms with Crippen LogP contribution in [0.4, 0.5) is 0 Å². The quantitative estimate of drug-likeness (QED) is 0.662. The van der Waals surface area contributed by atoms with Crippen molar-refractivity contribution in [2.24, 2.45) is 0 Å². The lowest BCUT2D eigenvalue weighted by molar-refractivity contribution is -0.135. The Kier molecular flexibility index (Phi) is 7.75. The lowest BCUT2D eigenvalue weighted by Crippen LogP contribution is -2.40. The van der Waals surface area contributed by atoms with Gasteiger partial charge < -0.3 is 19.1 Å². The lowest BCUT2D eigenvalue weighted by atomic mass is 9.94. The second-order valence-corrected chi connectivity index (χ2v) is 6.40. The summed E-state index contributed by atoms with van der Waals surface area (Å²) in [5, 5.41) is 0. The maximum absolute atomic E-state index is 12.3. The third-order valence-corrected chi connectivity index (χ3v) is 4.62. The number of nitrogens with zero attached hydrogens (tertiary/aromatic N) is 1. The van der Waals surface area contributed by atoms with Crippen molar-refractivity contribution in [3.8, 4) is 11.5 Å². The summed E-state index contributed by atoms with van der Waals surface area (Å²) in [5.74, 6) is 0.370. The topological polar surface area (TPSA) is 65.1 Å². The Morgan fingerprint density at radius 2 is 1.69 bits per heavy atom. The highest BCUT2D eigenvalue weighted by Gasteiger charge is 2.23. The van der Waals surface area contributed by atoms with Crippen molar-refractivity contribution in [2.75, 3.05) is 26.9 Å². The number of amides is 1. The van der Waals surface area contributed by atoms with Crippen molar-refractivity contribution in [1.82, 2.24) is 4.90 Å². The number of likely N-dealkylation sites (N-methyl/N-ethyl adjacent to an activating group) is 1. The standard InChI is InChI=1S/C20H29NO5/c1-4-24-17-12-11-15(13-18(17)25-5-2)20(23)26-14-19(22)21(3)16-9-7-6-8-10-16/h11-13,16H,4-10,14H2,1-3H3. The summed E-state index contributed by atoms with van der Waals surface area (Å²) in [5.41, 5.74) is 0.338. The Hall–Kier alpha value is -2.24. The van der Waals surface area contributed by atoms with Gasteiger partial charge in [0, 0.05) is 13.1 Å². The Balaban J connectivity index is 1.94. The van der Waals surface area contributed by atoms with Crippen LogP contribution in [0.5, 0.6) is 11.5 Å². The van der Waals surface area contributed by atoms with Gasteiger partial charge in [0.05, 0.1) is 18.8 Å². The van der Waals surface area contributed by atoms with Crippen molar-refractivity contribution in [1.29, 1.82) is 0 Å². The van der Waals surface area contributed by atoms with Gasteiger partial charge in [-0.15, -0.1) is 0 Å². The minimum absolute atomic E-state index is 0.166. The van der Waals surface area contributed by atoms with Crippen LogP contribution in [0.3, 0.4) is 0 Å². The smallest absolute Gasteiger partial charge is 0.338 e. The first-order chi connectivity index (χ1) is 12.6. The van der Waals surface area contributed by atoms with Crippen LogP contribution in [0.15, 0.2) is 18.2 Å². The van der Waals surface area contributed by atoms with E-state index >= 15 is 0 Å². The molecule has 0 atom stereocenters. The fourth-order valence-corrected chi connectivity index (χ4v) is 3.16. The van der Waals surface area contributed by atoms with Crippen molar-refractivity contribution in [3.05, 3.63) is 23.8 Å². The lowest BCUT2D eigenvalue weighted by Gasteiger charge is -2.31. The van der Waals surface area contributed by atoms with E-state index < -0.39 is 5.97 Å². The maximum Gasteiger partial charge on any atom is 0.338 e. The summed E-state index contributed by atoms with van der Waals surface area (Å²) in [6, 6.07) is 5.14. The molecule has 1 aliphatic rings. The molecule has 0 bridgehead atoms. The zero-order valence-electron chi connectivity index (χ0n) is 16.0. The molecule has 1 aromatic carbocycles. The molecule has 0 unspecified atom stereocenters. The van der Waals surface area contributed by atoms with Crippen LogP contribution in [0.1, 0.15) is 56.3 Å². The monoisotopic (exact) mass is 363 g/mol. The third-order valence-electron chi connectivity index (χ3n) is 4.62. The summed E-state index contributed by atoms with van der Waals surface area (Å²) in [7, 11) is 1.79. The third kappa shape index (κ3) is 5.38. The van der Waals surface area contributed by atoms with Gasteiger partial charge >= 0.3 is 5.97 Å². The molecule has 1 fully saturated rings. The van der Waals surface area contributed by atoms with Gasteiger partial charge in [0.2, 0.25) is 0 Å². The van der Waals surface area contributed by atoms with E-state index in [4.69, 9.17) is 14.2 Å². The fraction of sp³-hybridized carbons (Fsp3) is 0.600. The molecule has 1 saturated carbocycles. The van der Waals surface area contributed by atoms with Crippen molar-refractivity contribution < 1.29 is 23.8 Å². The van der Waals surface area contributed by atoms with E-state index in [-0.39, 0.29) is 18.6 Å². The molecule has 0 aliphatic heterocycles. The van der Waals surface area contributed by atoms with Gasteiger partial charge in [-0.25, -0.2) is 4.79 Å². The van der Waals surface area contributed by atoms with E-state index in [0.717, 1.165) is 25.7 Å². The highest BCUT2D eigenvalue weighted by Crippen LogP contribution is 2.29. The predicted molar refractivity (Wildman–Crippen MR) is 98.7 cm³/mol. The zero-order chi connectivity index (χ0) is 18.9. The predicted octanol–water partition coefficient (Wildman–Crippen LogP) is 3.43. The highest BCUT2D eigenvalue weighted by atomic mass is 16.5. The molecule has 6 heteroatoms. The van der Waals surface area contributed by atoms with Gasteiger partial charge in [-0.2, -0.15) is 0 Å². The summed E-state index contributed by atoms with van der Waals surface area (Å²) in [6.45, 7) is 4.46. The van der Waals surface area contributed by atoms with Crippen LogP contribution < -0.4 is 9.47 Å². The van der Waals surface area contributed by atoms with Crippen LogP contribution in [0, 0.1) is 0 Å². The number of ether oxygens (including phenoxy) is 3. The molecule has 2 rings (SSSR count). The van der Waals surface area contributed by atoms with Gasteiger partial charge in [0.15, 0.2) is 18.1 Å². The van der Waals surface area contributed by atoms with Crippen LogP contribution in [0.25, 0.3) is 0 Å². The van der Waals surface area contributed by atoms with E-state index in [2.05, 4.69) is 0 Å². The highest BCUT2D eigenvalue weighted by molar-refractivity contribution is 5.92. The summed E-state index contributed by atoms with van der Waals surface area (Å²) in [4.78, 5) is 26.3. The number of hydrogen-bond donors (Lipinski definition) is 0. The van der Waals surface area contributed by atoms with E-state index in [0.29, 0.717) is 30.3 Å². The second-order valence-electron chi connectivity index (χ2n) is 6.40. The van der Waals surface area contributed by atoms with Crippen LogP contribution in [-0.2, 0) is 9.53 Å². The number of benzene rings is 1. The Bertz CT molecular complexity index is 610. The Labute approximate surface area is 155 Å². The van der Waals surface area contributed by atoms with Crippen molar-refractivity contribution in [3.63, 3.8) is 0 Å². The molecule has 6 nitrogen and oxygen atoms in total. The molecule has 0 N–H and O–H groups in total. The van der Waals surface area contributed by atoms with Gasteiger partial charge in [-0.05, 0) is 44.9 Å². The number of carbonyl (C=O) groups is 2. The van der Waals surface area contributed by atoms with Crippen molar-refractivity contribution in [2.45, 2.75) is 52.0 Å². The normalized spacial score (nSPS) is 14.6. The Morgan fingerprint density at radius 3 is 2.35 bits per heavy atom. The maximum atomic E-state index is 12.3. The molecule has 0 spiro atoms. The summed E-state index contributed by atoms with van der Waals surface area (Å²) >= 11 is 0. The average molecular weight is 363 g/mol. The molecule has 1 aliphatic carbocycles. The molecule has 1 aromatic rings. The van der Waals surface area contributed by atoms with Gasteiger partial charge in [0.25, 0.3) is 5.91 Å². The molecular formula is C20H29NO5. The zero-order valence-corrected chi connectivity index (χ0v) is 16.0. The van der Waals surface area contributed by atoms with Crippen LogP contribution in [-0.4, -0.2) is 49.7 Å². The molecule has 0 saturated heterocycles. The van der Waals surface area contributed by atoms with E-state index in [1.54, 1.807) is 30.1 Å². The molecule has 0 aromatic heterocycles. The minimum atomic E-state index is -0.542. The number of hydrogen-bond acceptors (Lipinski definition) is 5. The average Bonchev–Trinajstić information content (AvgIpc) is 2.67. The second kappa shape index (κ2) is 10.0. The number of carbonyl (C=O) groups excluding carboxylic acids is 2. The summed E-state index contributed by atoms with van der Waals surface area (Å²) < 4.78 is 16.2. The van der Waals surface area contributed by atoms with E-state index in [1.165, 1.54) is 6.42 Å². The summed E-state index contributed by atoms with van der Waals surface area (Å²) in [6.07, 6.45) is 5.57. The molecule has 144 valence electrons. The largest absolute Gasteiger partial charge is 0.490 e. The van der Waals surface area contributed by atoms with Gasteiger partial charge in [0.1, 0.15) is 0 Å². The fourth-order valence-electron chi connectivity index (χ4n) is 3.16. The first-order valence-corrected chi connectivity index (χ1v) is 9.39. The minimum Gasteiger partial charge on any atom is -0.490 e. The molecular weight excluding hydrogens is 334 g/mol. The Morgan fingerprint density at radius 1 is 1.04 bits per heavy atom. The SMILES string of the molecule is CCOc1ccc(C(=O)OCC(=O)N(C)C2CCCCC2)cc1OCC.